The molecule has 2 aromatic rings. The molecule has 0 radical (unpaired) electrons. The van der Waals surface area contributed by atoms with Crippen LogP contribution in [0.4, 0.5) is 0 Å². The van der Waals surface area contributed by atoms with Gasteiger partial charge in [0.2, 0.25) is 0 Å². The van der Waals surface area contributed by atoms with Crippen molar-refractivity contribution in [2.75, 3.05) is 19.7 Å². The Hall–Kier alpha value is -2.21. The molecule has 24 heavy (non-hydrogen) atoms. The van der Waals surface area contributed by atoms with E-state index in [2.05, 4.69) is 11.6 Å². The van der Waals surface area contributed by atoms with E-state index < -0.39 is 0 Å². The lowest BCUT2D eigenvalue weighted by molar-refractivity contribution is -0.151. The first-order valence-electron chi connectivity index (χ1n) is 7.91. The summed E-state index contributed by atoms with van der Waals surface area (Å²) in [6, 6.07) is 7.87. The predicted molar refractivity (Wildman–Crippen MR) is 96.0 cm³/mol. The number of para-hydroxylation sites is 1. The van der Waals surface area contributed by atoms with Gasteiger partial charge in [0.1, 0.15) is 0 Å². The lowest BCUT2D eigenvalue weighted by Crippen LogP contribution is -2.35. The second-order valence-corrected chi connectivity index (χ2v) is 6.72. The van der Waals surface area contributed by atoms with E-state index >= 15 is 0 Å². The minimum Gasteiger partial charge on any atom is -0.456 e. The number of thiazole rings is 1. The number of ether oxygens (including phenoxy) is 1. The Kier molecular flexibility index (Phi) is 6.49. The second kappa shape index (κ2) is 8.59. The van der Waals surface area contributed by atoms with Crippen LogP contribution in [-0.4, -0.2) is 41.5 Å². The van der Waals surface area contributed by atoms with Crippen molar-refractivity contribution in [3.8, 4) is 0 Å². The van der Waals surface area contributed by atoms with E-state index in [4.69, 9.17) is 4.74 Å². The largest absolute Gasteiger partial charge is 0.456 e. The Morgan fingerprint density at radius 2 is 2.08 bits per heavy atom. The topological polar surface area (TPSA) is 59.5 Å². The first-order chi connectivity index (χ1) is 11.5. The average Bonchev–Trinajstić information content (AvgIpc) is 2.98. The molecule has 0 fully saturated rings. The molecular weight excluding hydrogens is 324 g/mol. The number of likely N-dealkylation sites (N-methyl/N-ethyl adjacent to an activating group) is 1. The maximum absolute atomic E-state index is 12.0. The van der Waals surface area contributed by atoms with Crippen molar-refractivity contribution in [3.63, 3.8) is 0 Å². The highest BCUT2D eigenvalue weighted by atomic mass is 32.1. The molecule has 5 nitrogen and oxygen atoms in total. The van der Waals surface area contributed by atoms with Crippen LogP contribution in [0.15, 0.2) is 36.4 Å². The van der Waals surface area contributed by atoms with Gasteiger partial charge in [-0.15, -0.1) is 11.3 Å². The standard InChI is InChI=1S/C18H22N2O3S/c1-4-20(11-13(2)3)17(21)12-23-18(22)10-9-16-19-14-7-5-6-8-15(14)24-16/h5-8H,2,4,9-12H2,1,3H3. The molecule has 0 aliphatic heterocycles. The normalized spacial score (nSPS) is 10.6. The molecule has 0 aliphatic rings. The van der Waals surface area contributed by atoms with Crippen molar-refractivity contribution >= 4 is 33.4 Å². The van der Waals surface area contributed by atoms with Gasteiger partial charge in [-0.05, 0) is 26.0 Å². The molecule has 1 aromatic heterocycles. The average molecular weight is 346 g/mol. The number of carbonyl (C=O) groups is 2. The van der Waals surface area contributed by atoms with E-state index in [1.807, 2.05) is 38.1 Å². The van der Waals surface area contributed by atoms with Crippen molar-refractivity contribution in [1.29, 1.82) is 0 Å². The highest BCUT2D eigenvalue weighted by molar-refractivity contribution is 7.18. The monoisotopic (exact) mass is 346 g/mol. The fourth-order valence-corrected chi connectivity index (χ4v) is 3.21. The van der Waals surface area contributed by atoms with Crippen LogP contribution in [0.3, 0.4) is 0 Å². The Morgan fingerprint density at radius 1 is 1.33 bits per heavy atom. The van der Waals surface area contributed by atoms with Gasteiger partial charge < -0.3 is 9.64 Å². The van der Waals surface area contributed by atoms with Crippen LogP contribution < -0.4 is 0 Å². The van der Waals surface area contributed by atoms with Crippen LogP contribution in [0.25, 0.3) is 10.2 Å². The summed E-state index contributed by atoms with van der Waals surface area (Å²) >= 11 is 1.58. The van der Waals surface area contributed by atoms with Crippen LogP contribution in [-0.2, 0) is 20.7 Å². The van der Waals surface area contributed by atoms with Gasteiger partial charge in [0.05, 0.1) is 21.6 Å². The number of hydrogen-bond donors (Lipinski definition) is 0. The van der Waals surface area contributed by atoms with Crippen LogP contribution in [0.1, 0.15) is 25.3 Å². The van der Waals surface area contributed by atoms with Crippen LogP contribution in [0.2, 0.25) is 0 Å². The third-order valence-electron chi connectivity index (χ3n) is 3.43. The summed E-state index contributed by atoms with van der Waals surface area (Å²) < 4.78 is 6.19. The van der Waals surface area contributed by atoms with Gasteiger partial charge in [0.15, 0.2) is 6.61 Å². The second-order valence-electron chi connectivity index (χ2n) is 5.60. The van der Waals surface area contributed by atoms with E-state index in [0.717, 1.165) is 20.8 Å². The van der Waals surface area contributed by atoms with Gasteiger partial charge in [-0.1, -0.05) is 24.3 Å². The van der Waals surface area contributed by atoms with Gasteiger partial charge in [0.25, 0.3) is 5.91 Å². The first-order valence-corrected chi connectivity index (χ1v) is 8.73. The van der Waals surface area contributed by atoms with Crippen molar-refractivity contribution in [2.45, 2.75) is 26.7 Å². The summed E-state index contributed by atoms with van der Waals surface area (Å²) in [4.78, 5) is 29.9. The predicted octanol–water partition coefficient (Wildman–Crippen LogP) is 3.20. The summed E-state index contributed by atoms with van der Waals surface area (Å²) in [6.45, 7) is 8.37. The fourth-order valence-electron chi connectivity index (χ4n) is 2.24. The molecule has 6 heteroatoms. The molecule has 1 heterocycles. The quantitative estimate of drug-likeness (QED) is 0.544. The smallest absolute Gasteiger partial charge is 0.306 e. The number of aromatic nitrogens is 1. The molecule has 0 unspecified atom stereocenters. The number of benzene rings is 1. The molecule has 0 atom stereocenters. The van der Waals surface area contributed by atoms with Crippen LogP contribution >= 0.6 is 11.3 Å². The number of fused-ring (bicyclic) bond motifs is 1. The number of hydrogen-bond acceptors (Lipinski definition) is 5. The SMILES string of the molecule is C=C(C)CN(CC)C(=O)COC(=O)CCc1nc2ccccc2s1. The third-order valence-corrected chi connectivity index (χ3v) is 4.53. The van der Waals surface area contributed by atoms with Gasteiger partial charge >= 0.3 is 5.97 Å². The Bertz CT molecular complexity index is 706. The summed E-state index contributed by atoms with van der Waals surface area (Å²) in [7, 11) is 0. The van der Waals surface area contributed by atoms with E-state index in [0.29, 0.717) is 19.5 Å². The van der Waals surface area contributed by atoms with Crippen molar-refractivity contribution in [2.24, 2.45) is 0 Å². The van der Waals surface area contributed by atoms with E-state index in [1.54, 1.807) is 16.2 Å². The van der Waals surface area contributed by atoms with Crippen molar-refractivity contribution in [1.82, 2.24) is 9.88 Å². The summed E-state index contributed by atoms with van der Waals surface area (Å²) in [5.74, 6) is -0.581. The molecule has 1 aromatic carbocycles. The van der Waals surface area contributed by atoms with Gasteiger partial charge in [-0.25, -0.2) is 4.98 Å². The van der Waals surface area contributed by atoms with E-state index in [-0.39, 0.29) is 24.9 Å². The van der Waals surface area contributed by atoms with Crippen molar-refractivity contribution < 1.29 is 14.3 Å². The van der Waals surface area contributed by atoms with E-state index in [9.17, 15) is 9.59 Å². The number of amides is 1. The molecule has 0 saturated heterocycles. The highest BCUT2D eigenvalue weighted by Crippen LogP contribution is 2.22. The lowest BCUT2D eigenvalue weighted by Gasteiger charge is -2.20. The zero-order valence-corrected chi connectivity index (χ0v) is 14.9. The van der Waals surface area contributed by atoms with Crippen molar-refractivity contribution in [3.05, 3.63) is 41.4 Å². The molecule has 0 aliphatic carbocycles. The first kappa shape index (κ1) is 18.1. The molecule has 2 rings (SSSR count). The number of carbonyl (C=O) groups excluding carboxylic acids is 2. The number of rotatable bonds is 8. The molecule has 1 amide bonds. The summed E-state index contributed by atoms with van der Waals surface area (Å²) in [6.07, 6.45) is 0.745. The van der Waals surface area contributed by atoms with Crippen LogP contribution in [0, 0.1) is 0 Å². The van der Waals surface area contributed by atoms with E-state index in [1.165, 1.54) is 0 Å². The van der Waals surface area contributed by atoms with Gasteiger partial charge in [0, 0.05) is 19.5 Å². The van der Waals surface area contributed by atoms with Gasteiger partial charge in [-0.3, -0.25) is 9.59 Å². The molecule has 0 bridgehead atoms. The zero-order valence-electron chi connectivity index (χ0n) is 14.1. The zero-order chi connectivity index (χ0) is 17.5. The summed E-state index contributed by atoms with van der Waals surface area (Å²) in [5.41, 5.74) is 1.84. The Balaban J connectivity index is 1.78. The Morgan fingerprint density at radius 3 is 2.75 bits per heavy atom. The Labute approximate surface area is 145 Å². The maximum Gasteiger partial charge on any atom is 0.306 e. The minimum atomic E-state index is -0.381. The lowest BCUT2D eigenvalue weighted by atomic mass is 10.3. The fraction of sp³-hybridized carbons (Fsp3) is 0.389. The number of esters is 1. The number of nitrogens with zero attached hydrogens (tertiary/aromatic N) is 2. The molecule has 128 valence electrons. The highest BCUT2D eigenvalue weighted by Gasteiger charge is 2.14. The number of aryl methyl sites for hydroxylation is 1. The summed E-state index contributed by atoms with van der Waals surface area (Å²) in [5, 5.41) is 0.900. The molecule has 0 N–H and O–H groups in total. The maximum atomic E-state index is 12.0. The molecule has 0 spiro atoms. The third kappa shape index (κ3) is 5.16. The van der Waals surface area contributed by atoms with Crippen LogP contribution in [0.5, 0.6) is 0 Å². The molecule has 0 saturated carbocycles. The molecular formula is C18H22N2O3S. The minimum absolute atomic E-state index is 0.200. The van der Waals surface area contributed by atoms with Gasteiger partial charge in [-0.2, -0.15) is 0 Å².